The Labute approximate surface area is 199 Å². The maximum atomic E-state index is 12.8. The van der Waals surface area contributed by atoms with E-state index in [1.54, 1.807) is 30.3 Å². The lowest BCUT2D eigenvalue weighted by Crippen LogP contribution is -2.24. The number of fused-ring (bicyclic) bond motifs is 1. The van der Waals surface area contributed by atoms with Gasteiger partial charge in [-0.05, 0) is 42.8 Å². The molecule has 180 valence electrons. The van der Waals surface area contributed by atoms with E-state index in [2.05, 4.69) is 32.9 Å². The quantitative estimate of drug-likeness (QED) is 0.358. The van der Waals surface area contributed by atoms with Crippen LogP contribution in [0.5, 0.6) is 17.2 Å². The van der Waals surface area contributed by atoms with Crippen LogP contribution in [0, 0.1) is 0 Å². The molecular weight excluding hydrogens is 434 g/mol. The summed E-state index contributed by atoms with van der Waals surface area (Å²) in [5.41, 5.74) is 1.03. The summed E-state index contributed by atoms with van der Waals surface area (Å²) >= 11 is 0. The van der Waals surface area contributed by atoms with Gasteiger partial charge in [0.25, 0.3) is 5.91 Å². The highest BCUT2D eigenvalue weighted by Crippen LogP contribution is 2.41. The van der Waals surface area contributed by atoms with Gasteiger partial charge in [0.2, 0.25) is 5.82 Å². The number of amides is 1. The number of aromatic nitrogens is 4. The number of carbonyl (C=O) groups excluding carboxylic acids is 1. The second kappa shape index (κ2) is 12.0. The third kappa shape index (κ3) is 6.24. The van der Waals surface area contributed by atoms with Crippen LogP contribution < -0.4 is 19.5 Å². The molecule has 1 atom stereocenters. The number of anilines is 1. The van der Waals surface area contributed by atoms with Gasteiger partial charge in [-0.15, -0.1) is 10.2 Å². The van der Waals surface area contributed by atoms with Gasteiger partial charge in [0, 0.05) is 5.56 Å². The maximum Gasteiger partial charge on any atom is 0.255 e. The molecule has 2 heterocycles. The van der Waals surface area contributed by atoms with Crippen LogP contribution in [0.4, 0.5) is 5.69 Å². The van der Waals surface area contributed by atoms with E-state index in [-0.39, 0.29) is 12.5 Å². The Kier molecular flexibility index (Phi) is 8.32. The number of hydrogen-bond donors (Lipinski definition) is 2. The fraction of sp³-hybridized carbons (Fsp3) is 0.440. The second-order valence-electron chi connectivity index (χ2n) is 8.27. The van der Waals surface area contributed by atoms with Crippen LogP contribution in [0.2, 0.25) is 0 Å². The number of carbonyl (C=O) groups is 1. The molecule has 1 aliphatic heterocycles. The zero-order valence-corrected chi connectivity index (χ0v) is 19.5. The molecule has 1 aliphatic rings. The molecule has 0 bridgehead atoms. The zero-order chi connectivity index (χ0) is 23.6. The van der Waals surface area contributed by atoms with Crippen LogP contribution >= 0.6 is 0 Å². The van der Waals surface area contributed by atoms with Gasteiger partial charge in [-0.1, -0.05) is 56.7 Å². The van der Waals surface area contributed by atoms with E-state index in [4.69, 9.17) is 14.2 Å². The summed E-state index contributed by atoms with van der Waals surface area (Å²) in [6, 6.07) is 12.5. The topological polar surface area (TPSA) is 111 Å². The minimum absolute atomic E-state index is 0.252. The standard InChI is InChI=1S/C25H31N5O4/c1-2-3-4-5-6-7-8-16-32-19-14-12-18(13-15-19)25(31)26-20-10-9-11-21-23(20)34-22(17-33-21)24-27-29-30-28-24/h9-15,22H,2-8,16-17H2,1H3,(H,26,31)(H,27,28,29,30). The van der Waals surface area contributed by atoms with Gasteiger partial charge < -0.3 is 19.5 Å². The SMILES string of the molecule is CCCCCCCCCOc1ccc(C(=O)Nc2cccc3c2OC(c2nn[nH]n2)CO3)cc1. The zero-order valence-electron chi connectivity index (χ0n) is 19.5. The first-order valence-electron chi connectivity index (χ1n) is 11.9. The Morgan fingerprint density at radius 1 is 1.09 bits per heavy atom. The minimum atomic E-state index is -0.517. The van der Waals surface area contributed by atoms with Crippen molar-refractivity contribution in [1.29, 1.82) is 0 Å². The van der Waals surface area contributed by atoms with Crippen LogP contribution in [0.3, 0.4) is 0 Å². The minimum Gasteiger partial charge on any atom is -0.494 e. The maximum absolute atomic E-state index is 12.8. The predicted octanol–water partition coefficient (Wildman–Crippen LogP) is 5.09. The number of hydrogen-bond acceptors (Lipinski definition) is 7. The first-order valence-corrected chi connectivity index (χ1v) is 11.9. The van der Waals surface area contributed by atoms with Gasteiger partial charge in [-0.3, -0.25) is 4.79 Å². The Morgan fingerprint density at radius 3 is 2.65 bits per heavy atom. The summed E-state index contributed by atoms with van der Waals surface area (Å²) in [7, 11) is 0. The average molecular weight is 466 g/mol. The highest BCUT2D eigenvalue weighted by molar-refractivity contribution is 6.05. The highest BCUT2D eigenvalue weighted by atomic mass is 16.6. The van der Waals surface area contributed by atoms with Crippen molar-refractivity contribution in [2.45, 2.75) is 58.0 Å². The van der Waals surface area contributed by atoms with Crippen LogP contribution in [-0.2, 0) is 0 Å². The number of para-hydroxylation sites is 1. The number of nitrogens with one attached hydrogen (secondary N) is 2. The summed E-state index contributed by atoms with van der Waals surface area (Å²) in [6.45, 7) is 3.17. The fourth-order valence-electron chi connectivity index (χ4n) is 3.77. The number of H-pyrrole nitrogens is 1. The number of unbranched alkanes of at least 4 members (excludes halogenated alkanes) is 6. The van der Waals surface area contributed by atoms with Crippen LogP contribution in [0.25, 0.3) is 0 Å². The van der Waals surface area contributed by atoms with Crippen molar-refractivity contribution >= 4 is 11.6 Å². The molecule has 0 radical (unpaired) electrons. The number of tetrazole rings is 1. The third-order valence-electron chi connectivity index (χ3n) is 5.66. The predicted molar refractivity (Wildman–Crippen MR) is 127 cm³/mol. The summed E-state index contributed by atoms with van der Waals surface area (Å²) < 4.78 is 17.6. The van der Waals surface area contributed by atoms with Crippen molar-refractivity contribution in [3.8, 4) is 17.2 Å². The molecule has 0 aliphatic carbocycles. The molecule has 9 heteroatoms. The van der Waals surface area contributed by atoms with Crippen LogP contribution in [-0.4, -0.2) is 39.7 Å². The number of nitrogens with zero attached hydrogens (tertiary/aromatic N) is 3. The first kappa shape index (κ1) is 23.5. The van der Waals surface area contributed by atoms with Gasteiger partial charge in [-0.2, -0.15) is 5.21 Å². The van der Waals surface area contributed by atoms with Gasteiger partial charge >= 0.3 is 0 Å². The van der Waals surface area contributed by atoms with Crippen LogP contribution in [0.15, 0.2) is 42.5 Å². The van der Waals surface area contributed by atoms with Gasteiger partial charge in [0.1, 0.15) is 12.4 Å². The van der Waals surface area contributed by atoms with E-state index in [1.165, 1.54) is 38.5 Å². The Morgan fingerprint density at radius 2 is 1.88 bits per heavy atom. The Bertz CT molecular complexity index is 1040. The third-order valence-corrected chi connectivity index (χ3v) is 5.66. The van der Waals surface area contributed by atoms with E-state index in [0.717, 1.165) is 12.2 Å². The van der Waals surface area contributed by atoms with Crippen molar-refractivity contribution in [3.63, 3.8) is 0 Å². The molecule has 0 saturated carbocycles. The first-order chi connectivity index (χ1) is 16.7. The van der Waals surface area contributed by atoms with Gasteiger partial charge in [-0.25, -0.2) is 0 Å². The molecule has 2 N–H and O–H groups in total. The molecule has 1 aromatic heterocycles. The van der Waals surface area contributed by atoms with Crippen molar-refractivity contribution in [1.82, 2.24) is 20.6 Å². The molecule has 0 fully saturated rings. The molecule has 4 rings (SSSR count). The highest BCUT2D eigenvalue weighted by Gasteiger charge is 2.28. The monoisotopic (exact) mass is 465 g/mol. The number of rotatable bonds is 12. The van der Waals surface area contributed by atoms with Gasteiger partial charge in [0.15, 0.2) is 17.6 Å². The summed E-state index contributed by atoms with van der Waals surface area (Å²) in [6.07, 6.45) is 8.20. The van der Waals surface area contributed by atoms with Crippen molar-refractivity contribution in [2.24, 2.45) is 0 Å². The molecule has 9 nitrogen and oxygen atoms in total. The molecule has 1 unspecified atom stereocenters. The fourth-order valence-corrected chi connectivity index (χ4v) is 3.77. The average Bonchev–Trinajstić information content (AvgIpc) is 3.41. The Hall–Kier alpha value is -3.62. The van der Waals surface area contributed by atoms with Crippen molar-refractivity contribution in [3.05, 3.63) is 53.9 Å². The lowest BCUT2D eigenvalue weighted by molar-refractivity contribution is 0.0856. The van der Waals surface area contributed by atoms with Crippen molar-refractivity contribution < 1.29 is 19.0 Å². The largest absolute Gasteiger partial charge is 0.494 e. The van der Waals surface area contributed by atoms with Crippen LogP contribution in [0.1, 0.15) is 74.2 Å². The number of aromatic amines is 1. The summed E-state index contributed by atoms with van der Waals surface area (Å²) in [5, 5.41) is 16.8. The molecule has 34 heavy (non-hydrogen) atoms. The van der Waals surface area contributed by atoms with E-state index in [0.29, 0.717) is 35.2 Å². The number of benzene rings is 2. The second-order valence-corrected chi connectivity index (χ2v) is 8.27. The van der Waals surface area contributed by atoms with E-state index < -0.39 is 6.10 Å². The summed E-state index contributed by atoms with van der Waals surface area (Å²) in [5.74, 6) is 1.88. The molecule has 3 aromatic rings. The smallest absolute Gasteiger partial charge is 0.255 e. The lowest BCUT2D eigenvalue weighted by atomic mass is 10.1. The van der Waals surface area contributed by atoms with Crippen molar-refractivity contribution in [2.75, 3.05) is 18.5 Å². The summed E-state index contributed by atoms with van der Waals surface area (Å²) in [4.78, 5) is 12.8. The Balaban J connectivity index is 1.28. The van der Waals surface area contributed by atoms with Gasteiger partial charge in [0.05, 0.1) is 12.3 Å². The van der Waals surface area contributed by atoms with E-state index in [1.807, 2.05) is 12.1 Å². The normalized spacial score (nSPS) is 14.6. The molecular formula is C25H31N5O4. The molecule has 0 saturated heterocycles. The molecule has 0 spiro atoms. The van der Waals surface area contributed by atoms with E-state index in [9.17, 15) is 4.79 Å². The number of ether oxygens (including phenoxy) is 3. The lowest BCUT2D eigenvalue weighted by Gasteiger charge is -2.26. The van der Waals surface area contributed by atoms with E-state index >= 15 is 0 Å². The molecule has 2 aromatic carbocycles. The molecule has 1 amide bonds.